The Hall–Kier alpha value is -2.18. The Morgan fingerprint density at radius 3 is 3.04 bits per heavy atom. The number of ether oxygens (including phenoxy) is 1. The molecule has 1 amide bonds. The van der Waals surface area contributed by atoms with Crippen molar-refractivity contribution in [3.8, 4) is 5.75 Å². The summed E-state index contributed by atoms with van der Waals surface area (Å²) >= 11 is 6.10. The van der Waals surface area contributed by atoms with E-state index < -0.39 is 0 Å². The third-order valence-electron chi connectivity index (χ3n) is 4.12. The van der Waals surface area contributed by atoms with Crippen LogP contribution < -0.4 is 20.7 Å². The van der Waals surface area contributed by atoms with Gasteiger partial charge < -0.3 is 25.1 Å². The van der Waals surface area contributed by atoms with Crippen molar-refractivity contribution in [1.82, 2.24) is 5.32 Å². The fourth-order valence-corrected chi connectivity index (χ4v) is 3.05. The summed E-state index contributed by atoms with van der Waals surface area (Å²) in [6.07, 6.45) is 2.28. The van der Waals surface area contributed by atoms with Crippen LogP contribution in [0.2, 0.25) is 5.02 Å². The van der Waals surface area contributed by atoms with Crippen molar-refractivity contribution >= 4 is 23.2 Å². The first-order valence-electron chi connectivity index (χ1n) is 7.77. The van der Waals surface area contributed by atoms with Crippen LogP contribution in [0.1, 0.15) is 22.5 Å². The van der Waals surface area contributed by atoms with Crippen LogP contribution in [0.5, 0.6) is 5.75 Å². The van der Waals surface area contributed by atoms with Gasteiger partial charge in [0.2, 0.25) is 0 Å². The first-order chi connectivity index (χ1) is 11.6. The number of rotatable bonds is 5. The zero-order chi connectivity index (χ0) is 17.1. The second-order valence-corrected chi connectivity index (χ2v) is 6.16. The van der Waals surface area contributed by atoms with Gasteiger partial charge in [-0.2, -0.15) is 0 Å². The van der Waals surface area contributed by atoms with Gasteiger partial charge in [0.15, 0.2) is 0 Å². The molecule has 7 heteroatoms. The summed E-state index contributed by atoms with van der Waals surface area (Å²) in [7, 11) is 1.63. The van der Waals surface area contributed by atoms with E-state index in [0.717, 1.165) is 24.4 Å². The molecule has 1 aliphatic heterocycles. The minimum atomic E-state index is -0.150. The molecule has 1 unspecified atom stereocenters. The number of nitrogens with zero attached hydrogens (tertiary/aromatic N) is 1. The lowest BCUT2D eigenvalue weighted by atomic mass is 10.2. The summed E-state index contributed by atoms with van der Waals surface area (Å²) in [5.74, 6) is 1.22. The maximum Gasteiger partial charge on any atom is 0.254 e. The molecule has 24 heavy (non-hydrogen) atoms. The van der Waals surface area contributed by atoms with E-state index >= 15 is 0 Å². The van der Waals surface area contributed by atoms with Crippen molar-refractivity contribution in [3.63, 3.8) is 0 Å². The number of carbonyl (C=O) groups excluding carboxylic acids is 1. The fourth-order valence-electron chi connectivity index (χ4n) is 2.88. The molecule has 3 N–H and O–H groups in total. The molecule has 128 valence electrons. The maximum atomic E-state index is 12.3. The molecule has 2 heterocycles. The van der Waals surface area contributed by atoms with E-state index in [1.807, 2.05) is 12.1 Å². The number of furan rings is 1. The Labute approximate surface area is 145 Å². The number of nitrogens with two attached hydrogens (primary N) is 1. The molecule has 0 radical (unpaired) electrons. The molecule has 0 saturated carbocycles. The van der Waals surface area contributed by atoms with Crippen molar-refractivity contribution in [1.29, 1.82) is 0 Å². The zero-order valence-corrected chi connectivity index (χ0v) is 14.2. The van der Waals surface area contributed by atoms with Crippen LogP contribution in [0.4, 0.5) is 5.69 Å². The second kappa shape index (κ2) is 7.15. The Morgan fingerprint density at radius 2 is 2.33 bits per heavy atom. The van der Waals surface area contributed by atoms with Crippen LogP contribution in [-0.4, -0.2) is 32.1 Å². The van der Waals surface area contributed by atoms with Crippen molar-refractivity contribution in [2.24, 2.45) is 5.73 Å². The van der Waals surface area contributed by atoms with Crippen LogP contribution in [0.25, 0.3) is 0 Å². The highest BCUT2D eigenvalue weighted by Crippen LogP contribution is 2.33. The molecular weight excluding hydrogens is 330 g/mol. The van der Waals surface area contributed by atoms with Crippen LogP contribution in [-0.2, 0) is 6.54 Å². The highest BCUT2D eigenvalue weighted by molar-refractivity contribution is 6.30. The number of hydrogen-bond donors (Lipinski definition) is 2. The summed E-state index contributed by atoms with van der Waals surface area (Å²) in [5, 5.41) is 3.69. The first kappa shape index (κ1) is 16.7. The number of anilines is 1. The lowest BCUT2D eigenvalue weighted by molar-refractivity contribution is 0.0940. The smallest absolute Gasteiger partial charge is 0.254 e. The van der Waals surface area contributed by atoms with Crippen molar-refractivity contribution in [2.75, 3.05) is 25.1 Å². The SMILES string of the molecule is COc1ccc(Cl)cc1N1CCC(NC(=O)c2coc(CN)c2)C1. The summed E-state index contributed by atoms with van der Waals surface area (Å²) in [4.78, 5) is 14.4. The molecule has 1 saturated heterocycles. The number of nitrogens with one attached hydrogen (secondary N) is 1. The van der Waals surface area contributed by atoms with E-state index in [1.54, 1.807) is 19.2 Å². The number of amides is 1. The fraction of sp³-hybridized carbons (Fsp3) is 0.353. The van der Waals surface area contributed by atoms with E-state index in [1.165, 1.54) is 6.26 Å². The Balaban J connectivity index is 1.65. The molecule has 1 aliphatic rings. The molecular formula is C17H20ClN3O3. The predicted octanol–water partition coefficient (Wildman–Crippen LogP) is 2.41. The number of carbonyl (C=O) groups is 1. The standard InChI is InChI=1S/C17H20ClN3O3/c1-23-16-3-2-12(18)7-15(16)21-5-4-13(9-21)20-17(22)11-6-14(8-19)24-10-11/h2-3,6-7,10,13H,4-5,8-9,19H2,1H3,(H,20,22). The first-order valence-corrected chi connectivity index (χ1v) is 8.15. The van der Waals surface area contributed by atoms with Crippen molar-refractivity contribution in [2.45, 2.75) is 19.0 Å². The Bertz CT molecular complexity index is 732. The molecule has 1 aromatic carbocycles. The number of hydrogen-bond acceptors (Lipinski definition) is 5. The quantitative estimate of drug-likeness (QED) is 0.866. The normalized spacial score (nSPS) is 17.1. The van der Waals surface area contributed by atoms with Crippen molar-refractivity contribution < 1.29 is 13.9 Å². The number of methoxy groups -OCH3 is 1. The van der Waals surface area contributed by atoms with Gasteiger partial charge in [-0.1, -0.05) is 11.6 Å². The topological polar surface area (TPSA) is 80.7 Å². The van der Waals surface area contributed by atoms with E-state index in [2.05, 4.69) is 10.2 Å². The van der Waals surface area contributed by atoms with Gasteiger partial charge in [0.05, 0.1) is 24.9 Å². The molecule has 0 bridgehead atoms. The van der Waals surface area contributed by atoms with Gasteiger partial charge in [-0.15, -0.1) is 0 Å². The van der Waals surface area contributed by atoms with Gasteiger partial charge in [0, 0.05) is 24.2 Å². The third-order valence-corrected chi connectivity index (χ3v) is 4.36. The minimum absolute atomic E-state index is 0.0532. The highest BCUT2D eigenvalue weighted by Gasteiger charge is 2.26. The average Bonchev–Trinajstić information content (AvgIpc) is 3.24. The third kappa shape index (κ3) is 3.49. The van der Waals surface area contributed by atoms with E-state index in [4.69, 9.17) is 26.5 Å². The van der Waals surface area contributed by atoms with Gasteiger partial charge in [-0.3, -0.25) is 4.79 Å². The minimum Gasteiger partial charge on any atom is -0.495 e. The van der Waals surface area contributed by atoms with Crippen LogP contribution in [0, 0.1) is 0 Å². The van der Waals surface area contributed by atoms with E-state index in [0.29, 0.717) is 22.9 Å². The summed E-state index contributed by atoms with van der Waals surface area (Å²) in [6, 6.07) is 7.25. The second-order valence-electron chi connectivity index (χ2n) is 5.73. The van der Waals surface area contributed by atoms with Crippen LogP contribution in [0.15, 0.2) is 34.9 Å². The molecule has 0 spiro atoms. The Kier molecular flexibility index (Phi) is 4.97. The molecule has 1 aromatic heterocycles. The summed E-state index contributed by atoms with van der Waals surface area (Å²) < 4.78 is 10.6. The molecule has 0 aliphatic carbocycles. The average molecular weight is 350 g/mol. The number of halogens is 1. The molecule has 3 rings (SSSR count). The predicted molar refractivity (Wildman–Crippen MR) is 92.7 cm³/mol. The van der Waals surface area contributed by atoms with Crippen molar-refractivity contribution in [3.05, 3.63) is 46.9 Å². The lowest BCUT2D eigenvalue weighted by Crippen LogP contribution is -2.37. The van der Waals surface area contributed by atoms with Gasteiger partial charge >= 0.3 is 0 Å². The summed E-state index contributed by atoms with van der Waals surface area (Å²) in [6.45, 7) is 1.80. The van der Waals surface area contributed by atoms with Gasteiger partial charge in [0.25, 0.3) is 5.91 Å². The monoisotopic (exact) mass is 349 g/mol. The van der Waals surface area contributed by atoms with Gasteiger partial charge in [-0.25, -0.2) is 0 Å². The molecule has 2 aromatic rings. The maximum absolute atomic E-state index is 12.3. The summed E-state index contributed by atoms with van der Waals surface area (Å²) in [5.41, 5.74) is 6.93. The molecule has 1 atom stereocenters. The Morgan fingerprint density at radius 1 is 1.50 bits per heavy atom. The highest BCUT2D eigenvalue weighted by atomic mass is 35.5. The lowest BCUT2D eigenvalue weighted by Gasteiger charge is -2.21. The molecule has 6 nitrogen and oxygen atoms in total. The van der Waals surface area contributed by atoms with Crippen LogP contribution >= 0.6 is 11.6 Å². The van der Waals surface area contributed by atoms with Gasteiger partial charge in [-0.05, 0) is 30.7 Å². The van der Waals surface area contributed by atoms with E-state index in [-0.39, 0.29) is 18.5 Å². The van der Waals surface area contributed by atoms with Gasteiger partial charge in [0.1, 0.15) is 17.8 Å². The van der Waals surface area contributed by atoms with E-state index in [9.17, 15) is 4.79 Å². The largest absolute Gasteiger partial charge is 0.495 e. The molecule has 1 fully saturated rings. The van der Waals surface area contributed by atoms with Crippen LogP contribution in [0.3, 0.4) is 0 Å². The number of benzene rings is 1. The zero-order valence-electron chi connectivity index (χ0n) is 13.4.